The van der Waals surface area contributed by atoms with Crippen molar-refractivity contribution in [3.05, 3.63) is 35.7 Å². The Morgan fingerprint density at radius 3 is 2.36 bits per heavy atom. The molecule has 1 aromatic heterocycles. The molecule has 0 aliphatic rings. The summed E-state index contributed by atoms with van der Waals surface area (Å²) in [5.41, 5.74) is 0.122. The van der Waals surface area contributed by atoms with Gasteiger partial charge in [-0.3, -0.25) is 14.4 Å². The minimum absolute atomic E-state index is 0.0364. The van der Waals surface area contributed by atoms with E-state index in [9.17, 15) is 27.6 Å². The minimum Gasteiger partial charge on any atom is -0.468 e. The van der Waals surface area contributed by atoms with Crippen LogP contribution in [0.3, 0.4) is 0 Å². The van der Waals surface area contributed by atoms with Crippen LogP contribution in [-0.4, -0.2) is 41.5 Å². The molecule has 0 spiro atoms. The zero-order valence-electron chi connectivity index (χ0n) is 12.6. The summed E-state index contributed by atoms with van der Waals surface area (Å²) in [6.07, 6.45) is -4.76. The third kappa shape index (κ3) is 4.40. The van der Waals surface area contributed by atoms with Crippen molar-refractivity contribution in [1.29, 1.82) is 0 Å². The first-order valence-corrected chi connectivity index (χ1v) is 6.63. The highest BCUT2D eigenvalue weighted by atomic mass is 19.4. The van der Waals surface area contributed by atoms with E-state index in [1.54, 1.807) is 0 Å². The summed E-state index contributed by atoms with van der Waals surface area (Å²) in [6.45, 7) is -0.470. The number of carbonyl (C=O) groups is 3. The number of esters is 1. The predicted molar refractivity (Wildman–Crippen MR) is 74.1 cm³/mol. The van der Waals surface area contributed by atoms with Crippen molar-refractivity contribution in [2.75, 3.05) is 13.7 Å². The summed E-state index contributed by atoms with van der Waals surface area (Å²) < 4.78 is 45.6. The number of halogens is 3. The summed E-state index contributed by atoms with van der Waals surface area (Å²) in [4.78, 5) is 37.6. The molecule has 0 saturated carbocycles. The number of hydrogen-bond acceptors (Lipinski definition) is 7. The normalized spacial score (nSPS) is 11.0. The average molecular weight is 357 g/mol. The van der Waals surface area contributed by atoms with Gasteiger partial charge >= 0.3 is 18.0 Å². The number of nitrogens with zero attached hydrogens (tertiary/aromatic N) is 2. The Morgan fingerprint density at radius 2 is 1.84 bits per heavy atom. The predicted octanol–water partition coefficient (Wildman–Crippen LogP) is 1.23. The van der Waals surface area contributed by atoms with E-state index in [4.69, 9.17) is 0 Å². The molecule has 0 bridgehead atoms. The molecule has 0 aliphatic heterocycles. The quantitative estimate of drug-likeness (QED) is 0.487. The van der Waals surface area contributed by atoms with Gasteiger partial charge in [-0.2, -0.15) is 18.2 Å². The molecule has 2 rings (SSSR count). The third-order valence-corrected chi connectivity index (χ3v) is 2.90. The lowest BCUT2D eigenvalue weighted by molar-refractivity contribution is -0.159. The summed E-state index contributed by atoms with van der Waals surface area (Å²) in [5, 5.41) is 5.27. The molecule has 1 N–H and O–H groups in total. The topological polar surface area (TPSA) is 111 Å². The van der Waals surface area contributed by atoms with E-state index in [0.29, 0.717) is 0 Å². The molecule has 1 heterocycles. The maximum absolute atomic E-state index is 12.4. The molecule has 1 aromatic carbocycles. The number of rotatable bonds is 5. The minimum atomic E-state index is -4.76. The highest BCUT2D eigenvalue weighted by molar-refractivity contribution is 6.43. The molecule has 0 saturated heterocycles. The number of Topliss-reactive ketones (excluding diaryl/α,β-unsaturated/α-hetero) is 1. The van der Waals surface area contributed by atoms with Gasteiger partial charge in [0, 0.05) is 11.1 Å². The fraction of sp³-hybridized carbons (Fsp3) is 0.214. The van der Waals surface area contributed by atoms with Gasteiger partial charge in [0.05, 0.1) is 7.11 Å². The van der Waals surface area contributed by atoms with Crippen LogP contribution in [0, 0.1) is 0 Å². The molecule has 8 nitrogen and oxygen atoms in total. The number of nitrogens with one attached hydrogen (secondary N) is 1. The highest BCUT2D eigenvalue weighted by Crippen LogP contribution is 2.29. The first-order valence-electron chi connectivity index (χ1n) is 6.63. The number of ether oxygens (including phenoxy) is 1. The van der Waals surface area contributed by atoms with E-state index in [1.165, 1.54) is 24.3 Å². The van der Waals surface area contributed by atoms with Crippen LogP contribution >= 0.6 is 0 Å². The third-order valence-electron chi connectivity index (χ3n) is 2.90. The number of methoxy groups -OCH3 is 1. The number of alkyl halides is 3. The zero-order valence-corrected chi connectivity index (χ0v) is 12.6. The molecule has 0 unspecified atom stereocenters. The molecule has 11 heteroatoms. The Kier molecular flexibility index (Phi) is 5.15. The van der Waals surface area contributed by atoms with Crippen molar-refractivity contribution in [3.8, 4) is 11.4 Å². The van der Waals surface area contributed by atoms with Crippen molar-refractivity contribution in [1.82, 2.24) is 15.5 Å². The summed E-state index contributed by atoms with van der Waals surface area (Å²) in [7, 11) is 1.12. The van der Waals surface area contributed by atoms with Crippen LogP contribution in [0.25, 0.3) is 11.4 Å². The zero-order chi connectivity index (χ0) is 18.6. The molecule has 0 aliphatic carbocycles. The molecule has 1 amide bonds. The molecule has 0 fully saturated rings. The first-order chi connectivity index (χ1) is 11.7. The average Bonchev–Trinajstić information content (AvgIpc) is 3.09. The van der Waals surface area contributed by atoms with E-state index in [1.807, 2.05) is 0 Å². The smallest absolute Gasteiger partial charge is 0.468 e. The van der Waals surface area contributed by atoms with Gasteiger partial charge in [0.2, 0.25) is 11.6 Å². The number of benzene rings is 1. The Labute approximate surface area is 138 Å². The lowest BCUT2D eigenvalue weighted by Gasteiger charge is -2.03. The van der Waals surface area contributed by atoms with Crippen LogP contribution in [0.1, 0.15) is 16.2 Å². The standard InChI is InChI=1S/C14H10F3N3O5/c1-24-9(21)6-18-12(23)10(22)7-2-4-8(5-3-7)11-19-13(25-20-11)14(15,16)17/h2-5H,6H2,1H3,(H,18,23). The van der Waals surface area contributed by atoms with Crippen LogP contribution in [0.5, 0.6) is 0 Å². The first kappa shape index (κ1) is 18.1. The van der Waals surface area contributed by atoms with Crippen molar-refractivity contribution >= 4 is 17.7 Å². The van der Waals surface area contributed by atoms with Gasteiger partial charge in [0.25, 0.3) is 5.91 Å². The second-order valence-electron chi connectivity index (χ2n) is 4.59. The maximum Gasteiger partial charge on any atom is 0.471 e. The molecule has 25 heavy (non-hydrogen) atoms. The Bertz CT molecular complexity index is 799. The summed E-state index contributed by atoms with van der Waals surface area (Å²) in [6, 6.07) is 4.93. The second-order valence-corrected chi connectivity index (χ2v) is 4.59. The van der Waals surface area contributed by atoms with E-state index in [2.05, 4.69) is 24.7 Å². The van der Waals surface area contributed by atoms with Crippen LogP contribution in [0.4, 0.5) is 13.2 Å². The lowest BCUT2D eigenvalue weighted by atomic mass is 10.1. The van der Waals surface area contributed by atoms with Crippen molar-refractivity contribution in [2.24, 2.45) is 0 Å². The van der Waals surface area contributed by atoms with Crippen LogP contribution in [0.2, 0.25) is 0 Å². The molecule has 0 atom stereocenters. The van der Waals surface area contributed by atoms with Crippen LogP contribution in [-0.2, 0) is 20.5 Å². The van der Waals surface area contributed by atoms with Gasteiger partial charge in [0.1, 0.15) is 6.54 Å². The Morgan fingerprint density at radius 1 is 1.20 bits per heavy atom. The number of carbonyl (C=O) groups excluding carboxylic acids is 3. The monoisotopic (exact) mass is 357 g/mol. The van der Waals surface area contributed by atoms with E-state index in [-0.39, 0.29) is 17.0 Å². The molecule has 0 radical (unpaired) electrons. The molecular formula is C14H10F3N3O5. The number of hydrogen-bond donors (Lipinski definition) is 1. The van der Waals surface area contributed by atoms with Gasteiger partial charge in [-0.1, -0.05) is 29.4 Å². The summed E-state index contributed by atoms with van der Waals surface area (Å²) in [5.74, 6) is -4.50. The second kappa shape index (κ2) is 7.11. The SMILES string of the molecule is COC(=O)CNC(=O)C(=O)c1ccc(-c2noc(C(F)(F)F)n2)cc1. The van der Waals surface area contributed by atoms with E-state index < -0.39 is 36.3 Å². The number of amides is 1. The van der Waals surface area contributed by atoms with Gasteiger partial charge in [-0.15, -0.1) is 0 Å². The number of aromatic nitrogens is 2. The number of ketones is 1. The lowest BCUT2D eigenvalue weighted by Crippen LogP contribution is -2.35. The largest absolute Gasteiger partial charge is 0.471 e. The van der Waals surface area contributed by atoms with Crippen molar-refractivity contribution in [3.63, 3.8) is 0 Å². The van der Waals surface area contributed by atoms with Crippen molar-refractivity contribution in [2.45, 2.75) is 6.18 Å². The maximum atomic E-state index is 12.4. The van der Waals surface area contributed by atoms with Crippen LogP contribution < -0.4 is 5.32 Å². The van der Waals surface area contributed by atoms with Gasteiger partial charge < -0.3 is 14.6 Å². The fourth-order valence-corrected chi connectivity index (χ4v) is 1.66. The Hall–Kier alpha value is -3.24. The molecular weight excluding hydrogens is 347 g/mol. The van der Waals surface area contributed by atoms with Crippen LogP contribution in [0.15, 0.2) is 28.8 Å². The van der Waals surface area contributed by atoms with E-state index in [0.717, 1.165) is 7.11 Å². The van der Waals surface area contributed by atoms with E-state index >= 15 is 0 Å². The Balaban J connectivity index is 2.09. The molecule has 2 aromatic rings. The van der Waals surface area contributed by atoms with Gasteiger partial charge in [-0.05, 0) is 0 Å². The van der Waals surface area contributed by atoms with Gasteiger partial charge in [-0.25, -0.2) is 0 Å². The fourth-order valence-electron chi connectivity index (χ4n) is 1.66. The van der Waals surface area contributed by atoms with Gasteiger partial charge in [0.15, 0.2) is 0 Å². The summed E-state index contributed by atoms with van der Waals surface area (Å²) >= 11 is 0. The highest BCUT2D eigenvalue weighted by Gasteiger charge is 2.38. The molecule has 132 valence electrons. The van der Waals surface area contributed by atoms with Crippen molar-refractivity contribution < 1.29 is 36.8 Å².